The molecule has 7 heteroatoms. The third-order valence-corrected chi connectivity index (χ3v) is 4.90. The topological polar surface area (TPSA) is 52.0 Å². The van der Waals surface area contributed by atoms with E-state index in [1.54, 1.807) is 18.2 Å². The molecule has 0 saturated carbocycles. The Morgan fingerprint density at radius 3 is 1.68 bits per heavy atom. The molecule has 0 unspecified atom stereocenters. The van der Waals surface area contributed by atoms with E-state index in [1.165, 1.54) is 0 Å². The van der Waals surface area contributed by atoms with E-state index in [4.69, 9.17) is 69.5 Å². The maximum Gasteiger partial charge on any atom is 0.0809 e. The molecule has 0 bridgehead atoms. The molecule has 0 spiro atoms. The Labute approximate surface area is 135 Å². The summed E-state index contributed by atoms with van der Waals surface area (Å²) < 4.78 is 0. The number of anilines is 2. The summed E-state index contributed by atoms with van der Waals surface area (Å²) in [5.74, 6) is 0. The summed E-state index contributed by atoms with van der Waals surface area (Å²) in [4.78, 5) is 0. The van der Waals surface area contributed by atoms with Gasteiger partial charge in [0.05, 0.1) is 36.5 Å². The van der Waals surface area contributed by atoms with Gasteiger partial charge in [-0.1, -0.05) is 70.1 Å². The summed E-state index contributed by atoms with van der Waals surface area (Å²) in [6.45, 7) is 0. The third-order valence-electron chi connectivity index (χ3n) is 2.62. The molecule has 0 aliphatic rings. The molecule has 0 fully saturated rings. The van der Waals surface area contributed by atoms with Crippen LogP contribution < -0.4 is 11.5 Å². The first-order chi connectivity index (χ1) is 8.86. The number of para-hydroxylation sites is 1. The van der Waals surface area contributed by atoms with Crippen molar-refractivity contribution in [1.82, 2.24) is 0 Å². The maximum absolute atomic E-state index is 6.18. The van der Waals surface area contributed by atoms with Crippen molar-refractivity contribution in [2.45, 2.75) is 0 Å². The van der Waals surface area contributed by atoms with Crippen molar-refractivity contribution >= 4 is 69.4 Å². The highest BCUT2D eigenvalue weighted by Crippen LogP contribution is 2.49. The number of rotatable bonds is 1. The van der Waals surface area contributed by atoms with Gasteiger partial charge in [0.2, 0.25) is 0 Å². The summed E-state index contributed by atoms with van der Waals surface area (Å²) >= 11 is 30.3. The van der Waals surface area contributed by atoms with Crippen LogP contribution in [0.4, 0.5) is 11.4 Å². The Balaban J connectivity index is 2.87. The predicted molar refractivity (Wildman–Crippen MR) is 85.8 cm³/mol. The maximum atomic E-state index is 6.18. The van der Waals surface area contributed by atoms with Crippen molar-refractivity contribution in [3.63, 3.8) is 0 Å². The van der Waals surface area contributed by atoms with Crippen LogP contribution in [0, 0.1) is 0 Å². The molecule has 2 nitrogen and oxygen atoms in total. The summed E-state index contributed by atoms with van der Waals surface area (Å²) in [6, 6.07) is 5.11. The zero-order valence-corrected chi connectivity index (χ0v) is 13.1. The van der Waals surface area contributed by atoms with Crippen molar-refractivity contribution in [2.24, 2.45) is 0 Å². The lowest BCUT2D eigenvalue weighted by Gasteiger charge is -2.15. The quantitative estimate of drug-likeness (QED) is 0.386. The van der Waals surface area contributed by atoms with Crippen LogP contribution in [0.2, 0.25) is 25.1 Å². The van der Waals surface area contributed by atoms with Gasteiger partial charge in [-0.3, -0.25) is 0 Å². The van der Waals surface area contributed by atoms with Gasteiger partial charge in [0.15, 0.2) is 0 Å². The monoisotopic (exact) mass is 354 g/mol. The highest BCUT2D eigenvalue weighted by molar-refractivity contribution is 6.56. The fraction of sp³-hybridized carbons (Fsp3) is 0. The first kappa shape index (κ1) is 14.9. The summed E-state index contributed by atoms with van der Waals surface area (Å²) in [5.41, 5.74) is 13.4. The lowest BCUT2D eigenvalue weighted by molar-refractivity contribution is 1.60. The van der Waals surface area contributed by atoms with Gasteiger partial charge in [0.1, 0.15) is 0 Å². The number of hydrogen-bond donors (Lipinski definition) is 2. The minimum Gasteiger partial charge on any atom is -0.397 e. The van der Waals surface area contributed by atoms with Crippen LogP contribution in [-0.2, 0) is 0 Å². The third kappa shape index (κ3) is 2.44. The van der Waals surface area contributed by atoms with Gasteiger partial charge in [0, 0.05) is 11.1 Å². The Bertz CT molecular complexity index is 641. The summed E-state index contributed by atoms with van der Waals surface area (Å²) in [6.07, 6.45) is 0. The van der Waals surface area contributed by atoms with Gasteiger partial charge in [-0.25, -0.2) is 0 Å². The molecule has 0 atom stereocenters. The standard InChI is InChI=1S/C12H7Cl5N2/c13-7-6(4-2-1-3-5(18)12(4)19)8(14)10(16)11(17)9(7)15/h1-3H,18-19H2. The predicted octanol–water partition coefficient (Wildman–Crippen LogP) is 5.79. The first-order valence-electron chi connectivity index (χ1n) is 5.02. The number of halogens is 5. The second-order valence-electron chi connectivity index (χ2n) is 3.75. The number of nitrogen functional groups attached to an aromatic ring is 2. The minimum absolute atomic E-state index is 0.101. The largest absolute Gasteiger partial charge is 0.397 e. The van der Waals surface area contributed by atoms with Crippen molar-refractivity contribution < 1.29 is 0 Å². The van der Waals surface area contributed by atoms with Crippen LogP contribution in [0.15, 0.2) is 18.2 Å². The van der Waals surface area contributed by atoms with Gasteiger partial charge in [-0.2, -0.15) is 0 Å². The van der Waals surface area contributed by atoms with E-state index in [0.29, 0.717) is 22.5 Å². The molecule has 0 aromatic heterocycles. The average molecular weight is 356 g/mol. The molecule has 2 aromatic rings. The molecular formula is C12H7Cl5N2. The zero-order valence-electron chi connectivity index (χ0n) is 9.28. The van der Waals surface area contributed by atoms with Crippen molar-refractivity contribution in [3.05, 3.63) is 43.3 Å². The molecule has 0 aliphatic heterocycles. The Hall–Kier alpha value is -0.510. The second kappa shape index (κ2) is 5.47. The average Bonchev–Trinajstić information content (AvgIpc) is 2.39. The molecule has 100 valence electrons. The van der Waals surface area contributed by atoms with Gasteiger partial charge in [0.25, 0.3) is 0 Å². The van der Waals surface area contributed by atoms with Crippen LogP contribution in [-0.4, -0.2) is 0 Å². The zero-order chi connectivity index (χ0) is 14.3. The van der Waals surface area contributed by atoms with Crippen molar-refractivity contribution in [3.8, 4) is 11.1 Å². The Morgan fingerprint density at radius 1 is 0.684 bits per heavy atom. The fourth-order valence-electron chi connectivity index (χ4n) is 1.64. The van der Waals surface area contributed by atoms with Crippen LogP contribution in [0.3, 0.4) is 0 Å². The molecule has 0 aliphatic carbocycles. The lowest BCUT2D eigenvalue weighted by Crippen LogP contribution is -1.98. The number of nitrogens with two attached hydrogens (primary N) is 2. The van der Waals surface area contributed by atoms with Crippen molar-refractivity contribution in [2.75, 3.05) is 11.5 Å². The SMILES string of the molecule is Nc1cccc(-c2c(Cl)c(Cl)c(Cl)c(Cl)c2Cl)c1N. The van der Waals surface area contributed by atoms with E-state index >= 15 is 0 Å². The van der Waals surface area contributed by atoms with Gasteiger partial charge >= 0.3 is 0 Å². The van der Waals surface area contributed by atoms with Crippen LogP contribution in [0.25, 0.3) is 11.1 Å². The van der Waals surface area contributed by atoms with E-state index in [2.05, 4.69) is 0 Å². The smallest absolute Gasteiger partial charge is 0.0809 e. The minimum atomic E-state index is 0.101. The summed E-state index contributed by atoms with van der Waals surface area (Å²) in [7, 11) is 0. The molecule has 4 N–H and O–H groups in total. The lowest BCUT2D eigenvalue weighted by atomic mass is 10.0. The fourth-order valence-corrected chi connectivity index (χ4v) is 2.98. The van der Waals surface area contributed by atoms with E-state index in [-0.39, 0.29) is 25.1 Å². The molecular weight excluding hydrogens is 349 g/mol. The molecule has 2 rings (SSSR count). The van der Waals surface area contributed by atoms with Crippen molar-refractivity contribution in [1.29, 1.82) is 0 Å². The first-order valence-corrected chi connectivity index (χ1v) is 6.91. The van der Waals surface area contributed by atoms with Crippen LogP contribution >= 0.6 is 58.0 Å². The molecule has 0 saturated heterocycles. The van der Waals surface area contributed by atoms with E-state index in [0.717, 1.165) is 0 Å². The van der Waals surface area contributed by atoms with E-state index in [9.17, 15) is 0 Å². The highest BCUT2D eigenvalue weighted by atomic mass is 35.5. The Morgan fingerprint density at radius 2 is 1.16 bits per heavy atom. The van der Waals surface area contributed by atoms with Crippen LogP contribution in [0.1, 0.15) is 0 Å². The molecule has 19 heavy (non-hydrogen) atoms. The van der Waals surface area contributed by atoms with Gasteiger partial charge in [-0.15, -0.1) is 0 Å². The Kier molecular flexibility index (Phi) is 4.29. The van der Waals surface area contributed by atoms with E-state index < -0.39 is 0 Å². The molecule has 2 aromatic carbocycles. The van der Waals surface area contributed by atoms with Crippen LogP contribution in [0.5, 0.6) is 0 Å². The molecule has 0 amide bonds. The number of benzene rings is 2. The molecule has 0 heterocycles. The second-order valence-corrected chi connectivity index (χ2v) is 5.64. The highest BCUT2D eigenvalue weighted by Gasteiger charge is 2.22. The molecule has 0 radical (unpaired) electrons. The number of hydrogen-bond acceptors (Lipinski definition) is 2. The van der Waals surface area contributed by atoms with E-state index in [1.807, 2.05) is 0 Å². The van der Waals surface area contributed by atoms with Gasteiger partial charge < -0.3 is 11.5 Å². The summed E-state index contributed by atoms with van der Waals surface area (Å²) in [5, 5.41) is 0.699. The normalized spacial score (nSPS) is 10.8. The van der Waals surface area contributed by atoms with Gasteiger partial charge in [-0.05, 0) is 6.07 Å².